The highest BCUT2D eigenvalue weighted by Crippen LogP contribution is 2.11. The number of benzene rings is 2. The summed E-state index contributed by atoms with van der Waals surface area (Å²) in [7, 11) is 0. The van der Waals surface area contributed by atoms with Crippen LogP contribution in [0.15, 0.2) is 64.4 Å². The second-order valence-corrected chi connectivity index (χ2v) is 6.24. The lowest BCUT2D eigenvalue weighted by Crippen LogP contribution is -2.40. The van der Waals surface area contributed by atoms with Crippen LogP contribution in [0.5, 0.6) is 0 Å². The molecule has 0 radical (unpaired) electrons. The Bertz CT molecular complexity index is 975. The van der Waals surface area contributed by atoms with Crippen molar-refractivity contribution in [3.63, 3.8) is 0 Å². The van der Waals surface area contributed by atoms with Crippen LogP contribution in [-0.2, 0) is 6.54 Å². The average molecular weight is 320 g/mol. The van der Waals surface area contributed by atoms with Crippen LogP contribution in [0, 0.1) is 20.8 Å². The number of aryl methyl sites for hydroxylation is 3. The summed E-state index contributed by atoms with van der Waals surface area (Å²) < 4.78 is 2.86. The van der Waals surface area contributed by atoms with E-state index in [0.717, 1.165) is 27.9 Å². The van der Waals surface area contributed by atoms with Gasteiger partial charge < -0.3 is 4.57 Å². The largest absolute Gasteiger partial charge is 0.320 e. The fraction of sp³-hybridized carbons (Fsp3) is 0.200. The lowest BCUT2D eigenvalue weighted by molar-refractivity contribution is 0.718. The molecule has 1 heterocycles. The van der Waals surface area contributed by atoms with E-state index in [-0.39, 0.29) is 0 Å². The van der Waals surface area contributed by atoms with Crippen LogP contribution in [-0.4, -0.2) is 9.13 Å². The Kier molecular flexibility index (Phi) is 4.21. The monoisotopic (exact) mass is 320 g/mol. The number of aromatic nitrogens is 2. The van der Waals surface area contributed by atoms with E-state index in [2.05, 4.69) is 0 Å². The van der Waals surface area contributed by atoms with E-state index in [1.807, 2.05) is 63.2 Å². The van der Waals surface area contributed by atoms with Crippen molar-refractivity contribution in [3.05, 3.63) is 97.8 Å². The Morgan fingerprint density at radius 3 is 2.00 bits per heavy atom. The van der Waals surface area contributed by atoms with E-state index in [0.29, 0.717) is 6.54 Å². The maximum absolute atomic E-state index is 12.5. The molecule has 0 N–H and O–H groups in total. The van der Waals surface area contributed by atoms with E-state index in [1.54, 1.807) is 12.4 Å². The molecule has 3 aromatic rings. The molecular formula is C20H20N2O2. The minimum Gasteiger partial charge on any atom is -0.305 e. The molecule has 0 aliphatic heterocycles. The molecule has 0 saturated heterocycles. The average Bonchev–Trinajstić information content (AvgIpc) is 2.53. The predicted octanol–water partition coefficient (Wildman–Crippen LogP) is 2.97. The van der Waals surface area contributed by atoms with Crippen molar-refractivity contribution in [2.24, 2.45) is 0 Å². The maximum atomic E-state index is 12.5. The number of rotatable bonds is 3. The Labute approximate surface area is 140 Å². The predicted molar refractivity (Wildman–Crippen MR) is 96.1 cm³/mol. The molecule has 0 amide bonds. The van der Waals surface area contributed by atoms with E-state index in [9.17, 15) is 9.59 Å². The van der Waals surface area contributed by atoms with Crippen molar-refractivity contribution >= 4 is 0 Å². The summed E-state index contributed by atoms with van der Waals surface area (Å²) in [6, 6.07) is 13.8. The number of hydrogen-bond acceptors (Lipinski definition) is 2. The molecule has 0 bridgehead atoms. The summed E-state index contributed by atoms with van der Waals surface area (Å²) in [6.07, 6.45) is 3.33. The van der Waals surface area contributed by atoms with Crippen molar-refractivity contribution in [1.82, 2.24) is 9.13 Å². The van der Waals surface area contributed by atoms with Gasteiger partial charge in [0.05, 0.1) is 6.54 Å². The highest BCUT2D eigenvalue weighted by Gasteiger charge is 2.08. The van der Waals surface area contributed by atoms with Gasteiger partial charge in [0.15, 0.2) is 0 Å². The number of nitrogens with zero attached hydrogens (tertiary/aromatic N) is 2. The topological polar surface area (TPSA) is 44.0 Å². The lowest BCUT2D eigenvalue weighted by Gasteiger charge is -2.11. The molecule has 0 unspecified atom stereocenters. The van der Waals surface area contributed by atoms with Crippen LogP contribution in [0.4, 0.5) is 0 Å². The molecule has 0 aliphatic carbocycles. The first-order chi connectivity index (χ1) is 11.4. The first-order valence-electron chi connectivity index (χ1n) is 7.90. The first-order valence-corrected chi connectivity index (χ1v) is 7.90. The van der Waals surface area contributed by atoms with Gasteiger partial charge >= 0.3 is 11.1 Å². The third-order valence-electron chi connectivity index (χ3n) is 4.02. The van der Waals surface area contributed by atoms with Crippen molar-refractivity contribution in [2.45, 2.75) is 27.3 Å². The summed E-state index contributed by atoms with van der Waals surface area (Å²) in [5, 5.41) is 0. The van der Waals surface area contributed by atoms with Crippen LogP contribution in [0.3, 0.4) is 0 Å². The first kappa shape index (κ1) is 16.0. The molecular weight excluding hydrogens is 300 g/mol. The highest BCUT2D eigenvalue weighted by molar-refractivity contribution is 5.39. The van der Waals surface area contributed by atoms with Crippen LogP contribution in [0.25, 0.3) is 5.69 Å². The standard InChI is InChI=1S/C20H20N2O2/c1-14-4-6-17(7-5-14)13-21-8-9-22(20(24)19(21)23)18-11-15(2)10-16(3)12-18/h4-12H,13H2,1-3H3. The molecule has 0 saturated carbocycles. The SMILES string of the molecule is Cc1ccc(Cn2ccn(-c3cc(C)cc(C)c3)c(=O)c2=O)cc1. The molecule has 24 heavy (non-hydrogen) atoms. The summed E-state index contributed by atoms with van der Waals surface area (Å²) in [5.74, 6) is 0. The van der Waals surface area contributed by atoms with E-state index >= 15 is 0 Å². The zero-order chi connectivity index (χ0) is 17.3. The Balaban J connectivity index is 2.01. The molecule has 4 heteroatoms. The fourth-order valence-electron chi connectivity index (χ4n) is 2.82. The summed E-state index contributed by atoms with van der Waals surface area (Å²) in [6.45, 7) is 6.35. The normalized spacial score (nSPS) is 10.8. The quantitative estimate of drug-likeness (QED) is 0.696. The Hall–Kier alpha value is -2.88. The number of hydrogen-bond donors (Lipinski definition) is 0. The van der Waals surface area contributed by atoms with Gasteiger partial charge in [-0.25, -0.2) is 0 Å². The second-order valence-electron chi connectivity index (χ2n) is 6.24. The molecule has 0 aliphatic rings. The van der Waals surface area contributed by atoms with Crippen LogP contribution in [0.1, 0.15) is 22.3 Å². The van der Waals surface area contributed by atoms with Gasteiger partial charge in [-0.3, -0.25) is 14.2 Å². The summed E-state index contributed by atoms with van der Waals surface area (Å²) in [5.41, 5.74) is 3.94. The van der Waals surface area contributed by atoms with Crippen molar-refractivity contribution in [1.29, 1.82) is 0 Å². The molecule has 0 spiro atoms. The molecule has 4 nitrogen and oxygen atoms in total. The van der Waals surface area contributed by atoms with Crippen LogP contribution in [0.2, 0.25) is 0 Å². The van der Waals surface area contributed by atoms with Gasteiger partial charge in [0.1, 0.15) is 0 Å². The maximum Gasteiger partial charge on any atom is 0.320 e. The molecule has 0 atom stereocenters. The van der Waals surface area contributed by atoms with Gasteiger partial charge in [-0.05, 0) is 49.6 Å². The summed E-state index contributed by atoms with van der Waals surface area (Å²) in [4.78, 5) is 24.9. The van der Waals surface area contributed by atoms with E-state index < -0.39 is 11.1 Å². The minimum atomic E-state index is -0.533. The zero-order valence-electron chi connectivity index (χ0n) is 14.1. The zero-order valence-corrected chi connectivity index (χ0v) is 14.1. The fourth-order valence-corrected chi connectivity index (χ4v) is 2.82. The van der Waals surface area contributed by atoms with E-state index in [4.69, 9.17) is 0 Å². The third-order valence-corrected chi connectivity index (χ3v) is 4.02. The van der Waals surface area contributed by atoms with Crippen molar-refractivity contribution in [3.8, 4) is 5.69 Å². The lowest BCUT2D eigenvalue weighted by atomic mass is 10.1. The second kappa shape index (κ2) is 6.32. The molecule has 1 aromatic heterocycles. The van der Waals surface area contributed by atoms with Gasteiger partial charge in [0.25, 0.3) is 0 Å². The Morgan fingerprint density at radius 2 is 1.38 bits per heavy atom. The summed E-state index contributed by atoms with van der Waals surface area (Å²) >= 11 is 0. The smallest absolute Gasteiger partial charge is 0.305 e. The van der Waals surface area contributed by atoms with Gasteiger partial charge in [-0.1, -0.05) is 35.9 Å². The molecule has 2 aromatic carbocycles. The van der Waals surface area contributed by atoms with Crippen LogP contribution < -0.4 is 11.1 Å². The molecule has 3 rings (SSSR count). The van der Waals surface area contributed by atoms with E-state index in [1.165, 1.54) is 9.13 Å². The van der Waals surface area contributed by atoms with Crippen molar-refractivity contribution < 1.29 is 0 Å². The van der Waals surface area contributed by atoms with Crippen molar-refractivity contribution in [2.75, 3.05) is 0 Å². The highest BCUT2D eigenvalue weighted by atomic mass is 16.2. The van der Waals surface area contributed by atoms with Gasteiger partial charge in [-0.2, -0.15) is 0 Å². The third kappa shape index (κ3) is 3.23. The molecule has 0 fully saturated rings. The van der Waals surface area contributed by atoms with Crippen LogP contribution >= 0.6 is 0 Å². The molecule has 122 valence electrons. The van der Waals surface area contributed by atoms with Gasteiger partial charge in [-0.15, -0.1) is 0 Å². The van der Waals surface area contributed by atoms with Gasteiger partial charge in [0.2, 0.25) is 0 Å². The van der Waals surface area contributed by atoms with Gasteiger partial charge in [0, 0.05) is 18.1 Å². The minimum absolute atomic E-state index is 0.391. The Morgan fingerprint density at radius 1 is 0.750 bits per heavy atom.